The number of ether oxygens (including phenoxy) is 2. The highest BCUT2D eigenvalue weighted by atomic mass is 16.7. The second kappa shape index (κ2) is 6.46. The minimum atomic E-state index is -0.467. The minimum absolute atomic E-state index is 0.0625. The summed E-state index contributed by atoms with van der Waals surface area (Å²) in [4.78, 5) is 0. The van der Waals surface area contributed by atoms with Gasteiger partial charge >= 0.3 is 0 Å². The molecule has 1 spiro atoms. The van der Waals surface area contributed by atoms with E-state index >= 15 is 0 Å². The Morgan fingerprint density at radius 2 is 1.48 bits per heavy atom. The van der Waals surface area contributed by atoms with Gasteiger partial charge in [0.1, 0.15) is 0 Å². The molecule has 1 aromatic carbocycles. The lowest BCUT2D eigenvalue weighted by molar-refractivity contribution is -0.263. The van der Waals surface area contributed by atoms with Crippen molar-refractivity contribution in [2.24, 2.45) is 5.41 Å². The molecule has 27 heavy (non-hydrogen) atoms. The molecule has 3 aliphatic carbocycles. The quantitative estimate of drug-likeness (QED) is 0.592. The summed E-state index contributed by atoms with van der Waals surface area (Å²) in [5.74, 6) is -0.467. The lowest BCUT2D eigenvalue weighted by Gasteiger charge is -2.48. The zero-order valence-corrected chi connectivity index (χ0v) is 16.6. The van der Waals surface area contributed by atoms with Gasteiger partial charge in [-0.1, -0.05) is 50.3 Å². The molecular weight excluding hydrogens is 332 g/mol. The summed E-state index contributed by atoms with van der Waals surface area (Å²) in [5.41, 5.74) is 9.07. The van der Waals surface area contributed by atoms with E-state index in [-0.39, 0.29) is 5.41 Å². The van der Waals surface area contributed by atoms with Crippen molar-refractivity contribution in [3.63, 3.8) is 0 Å². The highest BCUT2D eigenvalue weighted by molar-refractivity contribution is 5.79. The van der Waals surface area contributed by atoms with Crippen LogP contribution in [0.4, 0.5) is 0 Å². The van der Waals surface area contributed by atoms with E-state index in [1.54, 1.807) is 11.1 Å². The molecule has 142 valence electrons. The van der Waals surface area contributed by atoms with Gasteiger partial charge in [0.2, 0.25) is 0 Å². The fourth-order valence-corrected chi connectivity index (χ4v) is 5.64. The van der Waals surface area contributed by atoms with Gasteiger partial charge in [-0.05, 0) is 65.5 Å². The molecule has 0 amide bonds. The Kier molecular flexibility index (Phi) is 4.18. The Balaban J connectivity index is 1.74. The van der Waals surface area contributed by atoms with Gasteiger partial charge in [0.25, 0.3) is 0 Å². The molecule has 1 saturated carbocycles. The van der Waals surface area contributed by atoms with E-state index in [4.69, 9.17) is 9.47 Å². The summed E-state index contributed by atoms with van der Waals surface area (Å²) < 4.78 is 12.7. The lowest BCUT2D eigenvalue weighted by atomic mass is 9.62. The molecule has 4 aliphatic rings. The maximum atomic E-state index is 6.35. The van der Waals surface area contributed by atoms with Crippen molar-refractivity contribution in [1.82, 2.24) is 0 Å². The molecule has 0 N–H and O–H groups in total. The van der Waals surface area contributed by atoms with Crippen LogP contribution in [0, 0.1) is 5.41 Å². The van der Waals surface area contributed by atoms with Crippen molar-refractivity contribution < 1.29 is 9.47 Å². The zero-order valence-electron chi connectivity index (χ0n) is 16.6. The molecule has 1 aromatic rings. The highest BCUT2D eigenvalue weighted by Crippen LogP contribution is 2.56. The van der Waals surface area contributed by atoms with Crippen molar-refractivity contribution in [1.29, 1.82) is 0 Å². The van der Waals surface area contributed by atoms with Crippen molar-refractivity contribution in [3.05, 3.63) is 64.3 Å². The summed E-state index contributed by atoms with van der Waals surface area (Å²) in [7, 11) is 0. The second-order valence-corrected chi connectivity index (χ2v) is 9.09. The van der Waals surface area contributed by atoms with Crippen molar-refractivity contribution in [2.75, 3.05) is 13.2 Å². The van der Waals surface area contributed by atoms with Gasteiger partial charge in [-0.2, -0.15) is 0 Å². The molecule has 0 unspecified atom stereocenters. The maximum Gasteiger partial charge on any atom is 0.176 e. The van der Waals surface area contributed by atoms with Crippen LogP contribution in [-0.4, -0.2) is 19.0 Å². The molecule has 1 saturated heterocycles. The van der Waals surface area contributed by atoms with E-state index in [0.717, 1.165) is 32.5 Å². The number of rotatable bonds is 1. The maximum absolute atomic E-state index is 6.35. The van der Waals surface area contributed by atoms with Crippen molar-refractivity contribution >= 4 is 5.57 Å². The van der Waals surface area contributed by atoms with Gasteiger partial charge in [0.05, 0.1) is 13.2 Å². The van der Waals surface area contributed by atoms with Crippen LogP contribution in [0.3, 0.4) is 0 Å². The molecule has 1 heterocycles. The zero-order chi connectivity index (χ0) is 18.5. The molecule has 0 bridgehead atoms. The topological polar surface area (TPSA) is 18.5 Å². The predicted molar refractivity (Wildman–Crippen MR) is 109 cm³/mol. The Morgan fingerprint density at radius 3 is 2.26 bits per heavy atom. The number of hydrogen-bond donors (Lipinski definition) is 0. The lowest BCUT2D eigenvalue weighted by Crippen LogP contribution is -2.45. The molecule has 0 atom stereocenters. The molecule has 2 heteroatoms. The summed E-state index contributed by atoms with van der Waals surface area (Å²) in [6, 6.07) is 10.9. The van der Waals surface area contributed by atoms with Crippen LogP contribution in [0.1, 0.15) is 64.4 Å². The fourth-order valence-electron chi connectivity index (χ4n) is 5.64. The fraction of sp³-hybridized carbons (Fsp3) is 0.520. The number of benzene rings is 1. The van der Waals surface area contributed by atoms with E-state index in [1.165, 1.54) is 48.0 Å². The third kappa shape index (κ3) is 2.94. The Bertz CT molecular complexity index is 832. The first kappa shape index (κ1) is 17.5. The van der Waals surface area contributed by atoms with E-state index in [1.807, 2.05) is 0 Å². The average molecular weight is 363 g/mol. The minimum Gasteiger partial charge on any atom is -0.349 e. The van der Waals surface area contributed by atoms with Crippen molar-refractivity contribution in [2.45, 2.75) is 64.6 Å². The van der Waals surface area contributed by atoms with Crippen LogP contribution in [0.5, 0.6) is 0 Å². The summed E-state index contributed by atoms with van der Waals surface area (Å²) in [6.45, 7) is 6.41. The Hall–Kier alpha value is -1.64. The summed E-state index contributed by atoms with van der Waals surface area (Å²) in [5, 5.41) is 0. The Labute approximate surface area is 163 Å². The van der Waals surface area contributed by atoms with Crippen LogP contribution in [0.2, 0.25) is 0 Å². The van der Waals surface area contributed by atoms with Gasteiger partial charge in [-0.25, -0.2) is 0 Å². The van der Waals surface area contributed by atoms with Crippen molar-refractivity contribution in [3.8, 4) is 0 Å². The van der Waals surface area contributed by atoms with Gasteiger partial charge in [-0.3, -0.25) is 0 Å². The standard InChI is InChI=1S/C25H30O2/c1-24(2)15-19-11-6-7-12-20(19)22-17-25(26-13-8-14-27-25)16-21(23(22)24)18-9-4-3-5-10-18/h3-5,9-10,15H,6-8,11-14,16-17H2,1-2H3. The summed E-state index contributed by atoms with van der Waals surface area (Å²) >= 11 is 0. The van der Waals surface area contributed by atoms with Gasteiger partial charge in [0, 0.05) is 18.3 Å². The molecule has 0 radical (unpaired) electrons. The SMILES string of the molecule is CC1(C)C=C2CCCCC2=C2CC3(CC(c4ccccc4)=C21)OCCCO3. The van der Waals surface area contributed by atoms with Gasteiger partial charge in [-0.15, -0.1) is 0 Å². The summed E-state index contributed by atoms with van der Waals surface area (Å²) in [6.07, 6.45) is 10.4. The number of fused-ring (bicyclic) bond motifs is 2. The van der Waals surface area contributed by atoms with Crippen LogP contribution >= 0.6 is 0 Å². The predicted octanol–water partition coefficient (Wildman–Crippen LogP) is 6.20. The Morgan fingerprint density at radius 1 is 0.778 bits per heavy atom. The average Bonchev–Trinajstić information content (AvgIpc) is 2.68. The van der Waals surface area contributed by atoms with E-state index < -0.39 is 5.79 Å². The highest BCUT2D eigenvalue weighted by Gasteiger charge is 2.47. The van der Waals surface area contributed by atoms with Crippen LogP contribution in [0.15, 0.2) is 58.7 Å². The van der Waals surface area contributed by atoms with Gasteiger partial charge < -0.3 is 9.47 Å². The molecule has 5 rings (SSSR count). The van der Waals surface area contributed by atoms with Gasteiger partial charge in [0.15, 0.2) is 5.79 Å². The second-order valence-electron chi connectivity index (χ2n) is 9.09. The molecule has 1 aliphatic heterocycles. The normalized spacial score (nSPS) is 26.5. The number of hydrogen-bond acceptors (Lipinski definition) is 2. The van der Waals surface area contributed by atoms with E-state index in [9.17, 15) is 0 Å². The third-order valence-corrected chi connectivity index (χ3v) is 6.69. The molecule has 0 aromatic heterocycles. The largest absolute Gasteiger partial charge is 0.349 e. The molecule has 2 fully saturated rings. The van der Waals surface area contributed by atoms with E-state index in [2.05, 4.69) is 50.3 Å². The third-order valence-electron chi connectivity index (χ3n) is 6.69. The van der Waals surface area contributed by atoms with Crippen LogP contribution in [-0.2, 0) is 9.47 Å². The monoisotopic (exact) mass is 362 g/mol. The molecular formula is C25H30O2. The first-order chi connectivity index (χ1) is 13.1. The van der Waals surface area contributed by atoms with Crippen LogP contribution in [0.25, 0.3) is 5.57 Å². The van der Waals surface area contributed by atoms with Crippen LogP contribution < -0.4 is 0 Å². The number of allylic oxidation sites excluding steroid dienone is 4. The first-order valence-corrected chi connectivity index (χ1v) is 10.6. The smallest absolute Gasteiger partial charge is 0.176 e. The van der Waals surface area contributed by atoms with E-state index in [0.29, 0.717) is 0 Å². The molecule has 2 nitrogen and oxygen atoms in total. The first-order valence-electron chi connectivity index (χ1n) is 10.6.